The van der Waals surface area contributed by atoms with Gasteiger partial charge in [0, 0.05) is 56.9 Å². The van der Waals surface area contributed by atoms with Crippen LogP contribution in [0.15, 0.2) is 30.9 Å². The molecule has 4 heterocycles. The van der Waals surface area contributed by atoms with Crippen molar-refractivity contribution in [3.63, 3.8) is 0 Å². The number of nitrogens with one attached hydrogen (secondary N) is 1. The van der Waals surface area contributed by atoms with E-state index in [4.69, 9.17) is 0 Å². The molecule has 2 aromatic heterocycles. The van der Waals surface area contributed by atoms with Crippen LogP contribution < -0.4 is 10.2 Å². The van der Waals surface area contributed by atoms with E-state index in [1.54, 1.807) is 12.4 Å². The van der Waals surface area contributed by atoms with Gasteiger partial charge in [-0.3, -0.25) is 4.79 Å². The second kappa shape index (κ2) is 6.59. The van der Waals surface area contributed by atoms with Crippen LogP contribution in [0.3, 0.4) is 0 Å². The smallest absolute Gasteiger partial charge is 0.225 e. The molecule has 0 aliphatic carbocycles. The van der Waals surface area contributed by atoms with Gasteiger partial charge in [-0.15, -0.1) is 0 Å². The van der Waals surface area contributed by atoms with Crippen LogP contribution in [0, 0.1) is 5.92 Å². The first kappa shape index (κ1) is 15.1. The first-order valence-corrected chi connectivity index (χ1v) is 8.62. The molecule has 4 rings (SSSR count). The van der Waals surface area contributed by atoms with E-state index in [9.17, 15) is 4.79 Å². The zero-order chi connectivity index (χ0) is 16.4. The molecule has 0 bridgehead atoms. The Kier molecular flexibility index (Phi) is 4.15. The Morgan fingerprint density at radius 3 is 2.88 bits per heavy atom. The van der Waals surface area contributed by atoms with Gasteiger partial charge >= 0.3 is 0 Å². The molecule has 2 aromatic rings. The number of aromatic nitrogens is 4. The third kappa shape index (κ3) is 3.11. The molecule has 7 heteroatoms. The number of nitrogens with zero attached hydrogens (tertiary/aromatic N) is 5. The molecule has 2 aliphatic rings. The number of anilines is 1. The van der Waals surface area contributed by atoms with Crippen LogP contribution in [-0.2, 0) is 17.8 Å². The van der Waals surface area contributed by atoms with Gasteiger partial charge in [-0.05, 0) is 25.3 Å². The summed E-state index contributed by atoms with van der Waals surface area (Å²) in [6, 6.07) is 2.01. The van der Waals surface area contributed by atoms with Crippen molar-refractivity contribution in [3.05, 3.63) is 36.7 Å². The lowest BCUT2D eigenvalue weighted by Crippen LogP contribution is -2.48. The number of hydrogen-bond donors (Lipinski definition) is 1. The number of fused-ring (bicyclic) bond motifs is 1. The Labute approximate surface area is 141 Å². The van der Waals surface area contributed by atoms with Gasteiger partial charge in [0.05, 0.1) is 5.92 Å². The first-order chi connectivity index (χ1) is 11.8. The Morgan fingerprint density at radius 1 is 1.12 bits per heavy atom. The summed E-state index contributed by atoms with van der Waals surface area (Å²) in [7, 11) is 0. The van der Waals surface area contributed by atoms with Gasteiger partial charge in [0.15, 0.2) is 0 Å². The summed E-state index contributed by atoms with van der Waals surface area (Å²) in [5.41, 5.74) is 0. The van der Waals surface area contributed by atoms with Crippen LogP contribution in [0.4, 0.5) is 5.95 Å². The molecule has 126 valence electrons. The number of imidazole rings is 1. The topological polar surface area (TPSA) is 75.9 Å². The molecular weight excluding hydrogens is 304 g/mol. The molecule has 0 radical (unpaired) electrons. The molecule has 0 saturated carbocycles. The van der Waals surface area contributed by atoms with Gasteiger partial charge < -0.3 is 14.8 Å². The molecule has 2 aliphatic heterocycles. The van der Waals surface area contributed by atoms with Gasteiger partial charge in [-0.25, -0.2) is 15.0 Å². The van der Waals surface area contributed by atoms with Gasteiger partial charge in [0.1, 0.15) is 5.82 Å². The molecule has 24 heavy (non-hydrogen) atoms. The zero-order valence-electron chi connectivity index (χ0n) is 13.6. The molecule has 7 nitrogen and oxygen atoms in total. The van der Waals surface area contributed by atoms with Crippen LogP contribution in [0.2, 0.25) is 0 Å². The molecule has 2 atom stereocenters. The van der Waals surface area contributed by atoms with E-state index in [2.05, 4.69) is 29.7 Å². The van der Waals surface area contributed by atoms with E-state index < -0.39 is 0 Å². The highest BCUT2D eigenvalue weighted by atomic mass is 16.2. The number of amides is 1. The number of carbonyl (C=O) groups is 1. The normalized spacial score (nSPS) is 23.6. The maximum atomic E-state index is 12.7. The Balaban J connectivity index is 1.36. The van der Waals surface area contributed by atoms with Crippen molar-refractivity contribution in [2.45, 2.75) is 38.3 Å². The second-order valence-corrected chi connectivity index (χ2v) is 6.57. The van der Waals surface area contributed by atoms with Crippen molar-refractivity contribution < 1.29 is 4.79 Å². The molecule has 1 fully saturated rings. The predicted octanol–water partition coefficient (Wildman–Crippen LogP) is 1.02. The summed E-state index contributed by atoms with van der Waals surface area (Å²) in [6.45, 7) is 2.42. The van der Waals surface area contributed by atoms with Crippen LogP contribution in [0.5, 0.6) is 0 Å². The van der Waals surface area contributed by atoms with Crippen LogP contribution in [0.1, 0.15) is 25.1 Å². The SMILES string of the molecule is O=C(N[C@H]1CCc2nccn2C1)[C@@H]1CCCN(c2ncccn2)C1. The monoisotopic (exact) mass is 326 g/mol. The van der Waals surface area contributed by atoms with Crippen molar-refractivity contribution in [2.75, 3.05) is 18.0 Å². The summed E-state index contributed by atoms with van der Waals surface area (Å²) in [4.78, 5) is 27.7. The average molecular weight is 326 g/mol. The third-order valence-corrected chi connectivity index (χ3v) is 4.91. The van der Waals surface area contributed by atoms with Gasteiger partial charge in [0.2, 0.25) is 11.9 Å². The third-order valence-electron chi connectivity index (χ3n) is 4.91. The van der Waals surface area contributed by atoms with Crippen molar-refractivity contribution in [1.82, 2.24) is 24.8 Å². The van der Waals surface area contributed by atoms with Crippen LogP contribution in [0.25, 0.3) is 0 Å². The summed E-state index contributed by atoms with van der Waals surface area (Å²) >= 11 is 0. The highest BCUT2D eigenvalue weighted by Crippen LogP contribution is 2.21. The van der Waals surface area contributed by atoms with Crippen molar-refractivity contribution in [3.8, 4) is 0 Å². The van der Waals surface area contributed by atoms with E-state index in [1.807, 2.05) is 18.5 Å². The number of hydrogen-bond acceptors (Lipinski definition) is 5. The molecule has 1 N–H and O–H groups in total. The summed E-state index contributed by atoms with van der Waals surface area (Å²) in [5.74, 6) is 2.00. The minimum atomic E-state index is 0.00624. The fourth-order valence-electron chi connectivity index (χ4n) is 3.63. The summed E-state index contributed by atoms with van der Waals surface area (Å²) < 4.78 is 2.14. The molecule has 1 saturated heterocycles. The Morgan fingerprint density at radius 2 is 2.00 bits per heavy atom. The summed E-state index contributed by atoms with van der Waals surface area (Å²) in [6.07, 6.45) is 11.1. The molecular formula is C17H22N6O. The molecule has 0 spiro atoms. The number of rotatable bonds is 3. The van der Waals surface area contributed by atoms with Crippen molar-refractivity contribution in [2.24, 2.45) is 5.92 Å². The predicted molar refractivity (Wildman–Crippen MR) is 89.4 cm³/mol. The minimum absolute atomic E-state index is 0.00624. The lowest BCUT2D eigenvalue weighted by molar-refractivity contribution is -0.126. The van der Waals surface area contributed by atoms with E-state index in [-0.39, 0.29) is 17.9 Å². The van der Waals surface area contributed by atoms with E-state index in [0.29, 0.717) is 6.54 Å². The van der Waals surface area contributed by atoms with Crippen LogP contribution >= 0.6 is 0 Å². The van der Waals surface area contributed by atoms with Crippen LogP contribution in [-0.4, -0.2) is 44.6 Å². The Hall–Kier alpha value is -2.44. The maximum absolute atomic E-state index is 12.7. The van der Waals surface area contributed by atoms with E-state index in [1.165, 1.54) is 0 Å². The lowest BCUT2D eigenvalue weighted by Gasteiger charge is -2.33. The fourth-order valence-corrected chi connectivity index (χ4v) is 3.63. The highest BCUT2D eigenvalue weighted by molar-refractivity contribution is 5.79. The van der Waals surface area contributed by atoms with Crippen molar-refractivity contribution >= 4 is 11.9 Å². The minimum Gasteiger partial charge on any atom is -0.351 e. The molecule has 0 aromatic carbocycles. The fraction of sp³-hybridized carbons (Fsp3) is 0.529. The number of carbonyl (C=O) groups excluding carboxylic acids is 1. The van der Waals surface area contributed by atoms with Crippen molar-refractivity contribution in [1.29, 1.82) is 0 Å². The quantitative estimate of drug-likeness (QED) is 0.911. The first-order valence-electron chi connectivity index (χ1n) is 8.62. The largest absolute Gasteiger partial charge is 0.351 e. The molecule has 0 unspecified atom stereocenters. The van der Waals surface area contributed by atoms with Gasteiger partial charge in [-0.2, -0.15) is 0 Å². The van der Waals surface area contributed by atoms with Gasteiger partial charge in [0.25, 0.3) is 0 Å². The Bertz CT molecular complexity index is 700. The highest BCUT2D eigenvalue weighted by Gasteiger charge is 2.29. The van der Waals surface area contributed by atoms with Gasteiger partial charge in [-0.1, -0.05) is 0 Å². The lowest BCUT2D eigenvalue weighted by atomic mass is 9.96. The number of piperidine rings is 1. The zero-order valence-corrected chi connectivity index (χ0v) is 13.6. The average Bonchev–Trinajstić information content (AvgIpc) is 3.10. The number of aryl methyl sites for hydroxylation is 1. The van der Waals surface area contributed by atoms with E-state index >= 15 is 0 Å². The summed E-state index contributed by atoms with van der Waals surface area (Å²) in [5, 5.41) is 3.24. The molecule has 1 amide bonds. The standard InChI is InChI=1S/C17H22N6O/c24-16(21-14-4-5-15-18-8-10-22(15)12-14)13-3-1-9-23(11-13)17-19-6-2-7-20-17/h2,6-8,10,13-14H,1,3-5,9,11-12H2,(H,21,24)/t13-,14+/m1/s1. The maximum Gasteiger partial charge on any atom is 0.225 e. The van der Waals surface area contributed by atoms with E-state index in [0.717, 1.165) is 50.5 Å². The second-order valence-electron chi connectivity index (χ2n) is 6.57.